The van der Waals surface area contributed by atoms with Gasteiger partial charge in [0.25, 0.3) is 0 Å². The molecule has 1 fully saturated rings. The molecule has 5 nitrogen and oxygen atoms in total. The van der Waals surface area contributed by atoms with E-state index in [1.54, 1.807) is 4.90 Å². The summed E-state index contributed by atoms with van der Waals surface area (Å²) in [4.78, 5) is 19.9. The number of rotatable bonds is 1. The summed E-state index contributed by atoms with van der Waals surface area (Å²) in [5.74, 6) is 0.993. The van der Waals surface area contributed by atoms with E-state index in [9.17, 15) is 4.79 Å². The second kappa shape index (κ2) is 4.25. The van der Waals surface area contributed by atoms with Gasteiger partial charge in [0.1, 0.15) is 5.82 Å². The molecule has 1 amide bonds. The van der Waals surface area contributed by atoms with Crippen molar-refractivity contribution in [3.8, 4) is 0 Å². The van der Waals surface area contributed by atoms with Gasteiger partial charge >= 0.3 is 0 Å². The minimum absolute atomic E-state index is 0.0364. The van der Waals surface area contributed by atoms with E-state index in [4.69, 9.17) is 0 Å². The van der Waals surface area contributed by atoms with Crippen molar-refractivity contribution < 1.29 is 4.79 Å². The van der Waals surface area contributed by atoms with Gasteiger partial charge in [-0.25, -0.2) is 4.98 Å². The van der Waals surface area contributed by atoms with Crippen LogP contribution in [0.5, 0.6) is 0 Å². The molecule has 0 N–H and O–H groups in total. The van der Waals surface area contributed by atoms with Crippen LogP contribution < -0.4 is 4.90 Å². The molecule has 2 rings (SSSR count). The van der Waals surface area contributed by atoms with Crippen molar-refractivity contribution in [1.82, 2.24) is 14.3 Å². The average molecular weight is 254 g/mol. The molecule has 94 valence electrons. The lowest BCUT2D eigenvalue weighted by atomic mass is 9.96. The fourth-order valence-corrected chi connectivity index (χ4v) is 2.45. The number of carbonyl (C=O) groups is 1. The molecule has 0 radical (unpaired) electrons. The zero-order chi connectivity index (χ0) is 12.6. The molecule has 0 spiro atoms. The molecule has 0 aliphatic carbocycles. The van der Waals surface area contributed by atoms with E-state index in [-0.39, 0.29) is 11.3 Å². The molecule has 0 atom stereocenters. The van der Waals surface area contributed by atoms with Gasteiger partial charge in [-0.1, -0.05) is 20.8 Å². The lowest BCUT2D eigenvalue weighted by molar-refractivity contribution is -0.129. The molecule has 0 aromatic carbocycles. The van der Waals surface area contributed by atoms with Gasteiger partial charge in [-0.15, -0.1) is 0 Å². The molecule has 1 saturated heterocycles. The van der Waals surface area contributed by atoms with Crippen LogP contribution in [-0.4, -0.2) is 46.8 Å². The van der Waals surface area contributed by atoms with Crippen molar-refractivity contribution in [1.29, 1.82) is 0 Å². The Morgan fingerprint density at radius 3 is 2.53 bits per heavy atom. The summed E-state index contributed by atoms with van der Waals surface area (Å²) in [5, 5.41) is 0.858. The lowest BCUT2D eigenvalue weighted by Crippen LogP contribution is -2.48. The molecular weight excluding hydrogens is 236 g/mol. The summed E-state index contributed by atoms with van der Waals surface area (Å²) in [6, 6.07) is 0. The van der Waals surface area contributed by atoms with Crippen LogP contribution in [0.2, 0.25) is 0 Å². The zero-order valence-corrected chi connectivity index (χ0v) is 11.5. The largest absolute Gasteiger partial charge is 0.342 e. The Bertz CT molecular complexity index is 423. The highest BCUT2D eigenvalue weighted by molar-refractivity contribution is 7.09. The van der Waals surface area contributed by atoms with Crippen LogP contribution in [0.15, 0.2) is 0 Å². The monoisotopic (exact) mass is 254 g/mol. The fourth-order valence-electron chi connectivity index (χ4n) is 1.57. The third-order valence-electron chi connectivity index (χ3n) is 2.81. The SMILES string of the molecule is CN1CCN(c2nc(C(C)(C)C)ns2)CC1=O. The van der Waals surface area contributed by atoms with E-state index >= 15 is 0 Å². The number of nitrogens with zero attached hydrogens (tertiary/aromatic N) is 4. The van der Waals surface area contributed by atoms with Crippen molar-refractivity contribution in [3.63, 3.8) is 0 Å². The van der Waals surface area contributed by atoms with Crippen molar-refractivity contribution in [2.75, 3.05) is 31.6 Å². The predicted molar refractivity (Wildman–Crippen MR) is 68.5 cm³/mol. The maximum Gasteiger partial charge on any atom is 0.241 e. The molecule has 2 heterocycles. The third-order valence-corrected chi connectivity index (χ3v) is 3.59. The van der Waals surface area contributed by atoms with Crippen molar-refractivity contribution in [2.45, 2.75) is 26.2 Å². The molecule has 0 unspecified atom stereocenters. The van der Waals surface area contributed by atoms with Gasteiger partial charge in [0, 0.05) is 37.1 Å². The maximum atomic E-state index is 11.6. The van der Waals surface area contributed by atoms with Gasteiger partial charge in [0.2, 0.25) is 11.0 Å². The first-order valence-corrected chi connectivity index (χ1v) is 6.48. The highest BCUT2D eigenvalue weighted by atomic mass is 32.1. The Hall–Kier alpha value is -1.17. The number of likely N-dealkylation sites (N-methyl/N-ethyl adjacent to an activating group) is 1. The highest BCUT2D eigenvalue weighted by Gasteiger charge is 2.26. The molecule has 1 aliphatic heterocycles. The number of carbonyl (C=O) groups excluding carboxylic acids is 1. The first-order chi connectivity index (χ1) is 7.88. The fraction of sp³-hybridized carbons (Fsp3) is 0.727. The Morgan fingerprint density at radius 1 is 1.29 bits per heavy atom. The number of anilines is 1. The normalized spacial score (nSPS) is 17.8. The lowest BCUT2D eigenvalue weighted by Gasteiger charge is -2.31. The molecule has 6 heteroatoms. The minimum Gasteiger partial charge on any atom is -0.342 e. The average Bonchev–Trinajstić information content (AvgIpc) is 2.70. The number of hydrogen-bond acceptors (Lipinski definition) is 5. The van der Waals surface area contributed by atoms with E-state index in [0.29, 0.717) is 6.54 Å². The second-order valence-corrected chi connectivity index (χ2v) is 6.12. The smallest absolute Gasteiger partial charge is 0.241 e. The molecule has 17 heavy (non-hydrogen) atoms. The van der Waals surface area contributed by atoms with E-state index < -0.39 is 0 Å². The second-order valence-electron chi connectivity index (χ2n) is 5.39. The molecule has 1 aliphatic rings. The Balaban J connectivity index is 2.13. The molecule has 1 aromatic rings. The number of hydrogen-bond donors (Lipinski definition) is 0. The first-order valence-electron chi connectivity index (χ1n) is 5.71. The molecule has 0 bridgehead atoms. The Morgan fingerprint density at radius 2 is 2.00 bits per heavy atom. The van der Waals surface area contributed by atoms with Gasteiger partial charge in [0.05, 0.1) is 6.54 Å². The van der Waals surface area contributed by atoms with Gasteiger partial charge in [-0.2, -0.15) is 4.37 Å². The van der Waals surface area contributed by atoms with E-state index in [1.165, 1.54) is 11.5 Å². The van der Waals surface area contributed by atoms with Gasteiger partial charge in [-0.05, 0) is 0 Å². The number of amides is 1. The number of aromatic nitrogens is 2. The van der Waals surface area contributed by atoms with Crippen LogP contribution in [-0.2, 0) is 10.2 Å². The molecule has 1 aromatic heterocycles. The van der Waals surface area contributed by atoms with Crippen LogP contribution in [0.4, 0.5) is 5.13 Å². The summed E-state index contributed by atoms with van der Waals surface area (Å²) in [5.41, 5.74) is -0.0364. The third kappa shape index (κ3) is 2.57. The van der Waals surface area contributed by atoms with Crippen LogP contribution >= 0.6 is 11.5 Å². The summed E-state index contributed by atoms with van der Waals surface area (Å²) < 4.78 is 4.37. The predicted octanol–water partition coefficient (Wildman–Crippen LogP) is 1.11. The van der Waals surface area contributed by atoms with Crippen LogP contribution in [0.1, 0.15) is 26.6 Å². The van der Waals surface area contributed by atoms with Crippen molar-refractivity contribution in [2.24, 2.45) is 0 Å². The van der Waals surface area contributed by atoms with E-state index in [2.05, 4.69) is 30.1 Å². The van der Waals surface area contributed by atoms with E-state index in [0.717, 1.165) is 24.0 Å². The van der Waals surface area contributed by atoms with Crippen LogP contribution in [0, 0.1) is 0 Å². The van der Waals surface area contributed by atoms with Crippen molar-refractivity contribution in [3.05, 3.63) is 5.82 Å². The minimum atomic E-state index is -0.0364. The topological polar surface area (TPSA) is 49.3 Å². The van der Waals surface area contributed by atoms with Crippen LogP contribution in [0.3, 0.4) is 0 Å². The molecular formula is C11H18N4OS. The standard InChI is InChI=1S/C11H18N4OS/c1-11(2,3)9-12-10(17-13-9)15-6-5-14(4)8(16)7-15/h5-7H2,1-4H3. The Kier molecular flexibility index (Phi) is 3.07. The van der Waals surface area contributed by atoms with Crippen LogP contribution in [0.25, 0.3) is 0 Å². The summed E-state index contributed by atoms with van der Waals surface area (Å²) in [6.45, 7) is 8.27. The number of piperazine rings is 1. The summed E-state index contributed by atoms with van der Waals surface area (Å²) in [6.07, 6.45) is 0. The van der Waals surface area contributed by atoms with Gasteiger partial charge in [-0.3, -0.25) is 4.79 Å². The van der Waals surface area contributed by atoms with Gasteiger partial charge in [0.15, 0.2) is 0 Å². The quantitative estimate of drug-likeness (QED) is 0.753. The first kappa shape index (κ1) is 12.3. The Labute approximate surface area is 106 Å². The summed E-state index contributed by atoms with van der Waals surface area (Å²) >= 11 is 1.38. The zero-order valence-electron chi connectivity index (χ0n) is 10.7. The summed E-state index contributed by atoms with van der Waals surface area (Å²) in [7, 11) is 1.83. The maximum absolute atomic E-state index is 11.6. The molecule has 0 saturated carbocycles. The van der Waals surface area contributed by atoms with Gasteiger partial charge < -0.3 is 9.80 Å². The van der Waals surface area contributed by atoms with Crippen molar-refractivity contribution >= 4 is 22.6 Å². The van der Waals surface area contributed by atoms with E-state index in [1.807, 2.05) is 11.9 Å². The highest BCUT2D eigenvalue weighted by Crippen LogP contribution is 2.25.